The second-order valence-corrected chi connectivity index (χ2v) is 6.05. The first-order chi connectivity index (χ1) is 10.5. The van der Waals surface area contributed by atoms with Crippen molar-refractivity contribution in [2.24, 2.45) is 18.0 Å². The van der Waals surface area contributed by atoms with E-state index in [-0.39, 0.29) is 24.0 Å². The van der Waals surface area contributed by atoms with Crippen molar-refractivity contribution in [3.05, 3.63) is 17.0 Å². The zero-order valence-electron chi connectivity index (χ0n) is 14.9. The summed E-state index contributed by atoms with van der Waals surface area (Å²) in [5.74, 6) is 1.56. The number of nitrogens with one attached hydrogen (secondary N) is 1. The number of ether oxygens (including phenoxy) is 1. The molecule has 0 spiro atoms. The Balaban J connectivity index is 0.00000264. The summed E-state index contributed by atoms with van der Waals surface area (Å²) < 4.78 is 7.39. The van der Waals surface area contributed by atoms with E-state index in [4.69, 9.17) is 9.73 Å². The van der Waals surface area contributed by atoms with Gasteiger partial charge in [0.2, 0.25) is 0 Å². The van der Waals surface area contributed by atoms with Crippen molar-refractivity contribution in [2.75, 3.05) is 33.4 Å². The number of rotatable bonds is 5. The third-order valence-electron chi connectivity index (χ3n) is 4.30. The minimum absolute atomic E-state index is 0. The molecule has 23 heavy (non-hydrogen) atoms. The quantitative estimate of drug-likeness (QED) is 0.437. The van der Waals surface area contributed by atoms with Gasteiger partial charge in [0.25, 0.3) is 0 Å². The fraction of sp³-hybridized carbons (Fsp3) is 0.750. The van der Waals surface area contributed by atoms with Crippen LogP contribution in [-0.4, -0.2) is 54.0 Å². The molecule has 0 amide bonds. The van der Waals surface area contributed by atoms with E-state index < -0.39 is 0 Å². The van der Waals surface area contributed by atoms with Crippen molar-refractivity contribution in [3.8, 4) is 0 Å². The lowest BCUT2D eigenvalue weighted by atomic mass is 10.1. The third kappa shape index (κ3) is 5.34. The minimum atomic E-state index is 0. The van der Waals surface area contributed by atoms with Gasteiger partial charge in [-0.3, -0.25) is 4.68 Å². The lowest BCUT2D eigenvalue weighted by molar-refractivity contribution is 0.181. The van der Waals surface area contributed by atoms with E-state index in [2.05, 4.69) is 36.2 Å². The van der Waals surface area contributed by atoms with Gasteiger partial charge in [0, 0.05) is 51.0 Å². The summed E-state index contributed by atoms with van der Waals surface area (Å²) in [5, 5.41) is 7.84. The molecule has 1 unspecified atom stereocenters. The fourth-order valence-electron chi connectivity index (χ4n) is 2.87. The zero-order chi connectivity index (χ0) is 16.1. The molecule has 0 bridgehead atoms. The van der Waals surface area contributed by atoms with Crippen LogP contribution in [0.2, 0.25) is 0 Å². The highest BCUT2D eigenvalue weighted by Gasteiger charge is 2.19. The van der Waals surface area contributed by atoms with Gasteiger partial charge in [0.1, 0.15) is 0 Å². The van der Waals surface area contributed by atoms with Gasteiger partial charge in [-0.25, -0.2) is 4.99 Å². The van der Waals surface area contributed by atoms with Crippen molar-refractivity contribution in [1.82, 2.24) is 20.0 Å². The van der Waals surface area contributed by atoms with E-state index >= 15 is 0 Å². The van der Waals surface area contributed by atoms with E-state index in [9.17, 15) is 0 Å². The van der Waals surface area contributed by atoms with Crippen molar-refractivity contribution in [3.63, 3.8) is 0 Å². The highest BCUT2D eigenvalue weighted by Crippen LogP contribution is 2.15. The zero-order valence-corrected chi connectivity index (χ0v) is 17.3. The molecule has 1 aliphatic heterocycles. The van der Waals surface area contributed by atoms with Gasteiger partial charge in [-0.2, -0.15) is 5.10 Å². The molecule has 132 valence electrons. The van der Waals surface area contributed by atoms with Crippen LogP contribution in [0.4, 0.5) is 0 Å². The highest BCUT2D eigenvalue weighted by molar-refractivity contribution is 14.0. The van der Waals surface area contributed by atoms with Crippen molar-refractivity contribution in [1.29, 1.82) is 0 Å². The van der Waals surface area contributed by atoms with Crippen molar-refractivity contribution < 1.29 is 4.74 Å². The fourth-order valence-corrected chi connectivity index (χ4v) is 2.87. The summed E-state index contributed by atoms with van der Waals surface area (Å²) in [6, 6.07) is 0. The molecule has 0 aromatic carbocycles. The Morgan fingerprint density at radius 3 is 2.74 bits per heavy atom. The number of halogens is 1. The molecule has 1 atom stereocenters. The maximum atomic E-state index is 5.46. The average Bonchev–Trinajstić information content (AvgIpc) is 3.06. The molecule has 0 aliphatic carbocycles. The largest absolute Gasteiger partial charge is 0.381 e. The first-order valence-corrected chi connectivity index (χ1v) is 8.09. The molecular formula is C16H30IN5O. The number of aliphatic imine (C=N–C) groups is 1. The molecule has 2 rings (SSSR count). The smallest absolute Gasteiger partial charge is 0.193 e. The van der Waals surface area contributed by atoms with Gasteiger partial charge < -0.3 is 15.0 Å². The molecule has 1 aromatic heterocycles. The Hall–Kier alpha value is -0.830. The summed E-state index contributed by atoms with van der Waals surface area (Å²) in [6.07, 6.45) is 1.14. The Morgan fingerprint density at radius 2 is 2.22 bits per heavy atom. The Labute approximate surface area is 156 Å². The minimum Gasteiger partial charge on any atom is -0.381 e. The monoisotopic (exact) mass is 435 g/mol. The first kappa shape index (κ1) is 20.2. The Bertz CT molecular complexity index is 523. The molecule has 1 saturated heterocycles. The lowest BCUT2D eigenvalue weighted by Crippen LogP contribution is -2.41. The number of nitrogens with zero attached hydrogens (tertiary/aromatic N) is 4. The molecular weight excluding hydrogens is 405 g/mol. The number of guanidine groups is 1. The van der Waals surface area contributed by atoms with Crippen LogP contribution in [0.3, 0.4) is 0 Å². The summed E-state index contributed by atoms with van der Waals surface area (Å²) in [6.45, 7) is 10.5. The maximum Gasteiger partial charge on any atom is 0.193 e. The summed E-state index contributed by atoms with van der Waals surface area (Å²) in [4.78, 5) is 7.01. The number of hydrogen-bond donors (Lipinski definition) is 1. The first-order valence-electron chi connectivity index (χ1n) is 8.09. The van der Waals surface area contributed by atoms with E-state index in [0.29, 0.717) is 12.5 Å². The molecule has 1 aliphatic rings. The van der Waals surface area contributed by atoms with E-state index in [1.807, 2.05) is 18.7 Å². The SMILES string of the molecule is CCNC(=NCc1c(C)nn(C)c1C)N(C)CC1CCOC1.I. The standard InChI is InChI=1S/C16H29N5O.HI/c1-6-17-16(20(4)10-14-7-8-22-11-14)18-9-15-12(2)19-21(5)13(15)3;/h14H,6-11H2,1-5H3,(H,17,18);1H. The van der Waals surface area contributed by atoms with Crippen LogP contribution in [0, 0.1) is 19.8 Å². The van der Waals surface area contributed by atoms with Gasteiger partial charge in [-0.15, -0.1) is 24.0 Å². The Morgan fingerprint density at radius 1 is 1.48 bits per heavy atom. The van der Waals surface area contributed by atoms with Crippen molar-refractivity contribution >= 4 is 29.9 Å². The average molecular weight is 435 g/mol. The van der Waals surface area contributed by atoms with E-state index in [1.165, 1.54) is 11.3 Å². The predicted molar refractivity (Wildman–Crippen MR) is 104 cm³/mol. The molecule has 2 heterocycles. The third-order valence-corrected chi connectivity index (χ3v) is 4.30. The normalized spacial score (nSPS) is 18.0. The molecule has 7 heteroatoms. The molecule has 1 N–H and O–H groups in total. The number of hydrogen-bond acceptors (Lipinski definition) is 3. The van der Waals surface area contributed by atoms with E-state index in [0.717, 1.165) is 44.4 Å². The lowest BCUT2D eigenvalue weighted by Gasteiger charge is -2.24. The summed E-state index contributed by atoms with van der Waals surface area (Å²) in [5.41, 5.74) is 3.46. The summed E-state index contributed by atoms with van der Waals surface area (Å²) in [7, 11) is 4.08. The number of aromatic nitrogens is 2. The topological polar surface area (TPSA) is 54.7 Å². The van der Waals surface area contributed by atoms with Crippen LogP contribution in [0.15, 0.2) is 4.99 Å². The Kier molecular flexibility index (Phi) is 8.32. The second kappa shape index (κ2) is 9.46. The van der Waals surface area contributed by atoms with Crippen LogP contribution in [0.5, 0.6) is 0 Å². The van der Waals surface area contributed by atoms with Gasteiger partial charge in [0.15, 0.2) is 5.96 Å². The van der Waals surface area contributed by atoms with Gasteiger partial charge in [-0.1, -0.05) is 0 Å². The van der Waals surface area contributed by atoms with Crippen molar-refractivity contribution in [2.45, 2.75) is 33.7 Å². The second-order valence-electron chi connectivity index (χ2n) is 6.05. The van der Waals surface area contributed by atoms with Crippen LogP contribution in [0.1, 0.15) is 30.3 Å². The van der Waals surface area contributed by atoms with Crippen LogP contribution in [0.25, 0.3) is 0 Å². The van der Waals surface area contributed by atoms with Crippen LogP contribution < -0.4 is 5.32 Å². The molecule has 6 nitrogen and oxygen atoms in total. The molecule has 0 saturated carbocycles. The van der Waals surface area contributed by atoms with Gasteiger partial charge in [-0.05, 0) is 27.2 Å². The highest BCUT2D eigenvalue weighted by atomic mass is 127. The summed E-state index contributed by atoms with van der Waals surface area (Å²) >= 11 is 0. The molecule has 0 radical (unpaired) electrons. The maximum absolute atomic E-state index is 5.46. The molecule has 1 fully saturated rings. The number of aryl methyl sites for hydroxylation is 2. The van der Waals surface area contributed by atoms with Crippen LogP contribution >= 0.6 is 24.0 Å². The van der Waals surface area contributed by atoms with Gasteiger partial charge >= 0.3 is 0 Å². The van der Waals surface area contributed by atoms with E-state index in [1.54, 1.807) is 0 Å². The molecule has 1 aromatic rings. The predicted octanol–water partition coefficient (Wildman–Crippen LogP) is 2.09. The van der Waals surface area contributed by atoms with Gasteiger partial charge in [0.05, 0.1) is 18.8 Å². The van der Waals surface area contributed by atoms with Crippen LogP contribution in [-0.2, 0) is 18.3 Å².